The Bertz CT molecular complexity index is 431. The molecule has 1 aromatic rings. The maximum absolute atomic E-state index is 13.6. The Morgan fingerprint density at radius 2 is 2.27 bits per heavy atom. The lowest BCUT2D eigenvalue weighted by molar-refractivity contribution is 0.547. The summed E-state index contributed by atoms with van der Waals surface area (Å²) >= 11 is 0. The third-order valence-electron chi connectivity index (χ3n) is 2.92. The molecule has 0 bridgehead atoms. The van der Waals surface area contributed by atoms with Crippen molar-refractivity contribution in [2.24, 2.45) is 4.99 Å². The highest BCUT2D eigenvalue weighted by Gasteiger charge is 2.46. The number of carbonyl (C=O) groups excluding carboxylic acids is 1. The van der Waals surface area contributed by atoms with Crippen molar-refractivity contribution in [2.45, 2.75) is 31.7 Å². The summed E-state index contributed by atoms with van der Waals surface area (Å²) in [5, 5.41) is 0. The molecule has 0 radical (unpaired) electrons. The molecule has 78 valence electrons. The number of nitrogens with zero attached hydrogens (tertiary/aromatic N) is 1. The third kappa shape index (κ3) is 1.71. The van der Waals surface area contributed by atoms with Crippen molar-refractivity contribution in [3.8, 4) is 0 Å². The molecule has 0 aromatic heterocycles. The average molecular weight is 205 g/mol. The van der Waals surface area contributed by atoms with E-state index >= 15 is 0 Å². The van der Waals surface area contributed by atoms with Gasteiger partial charge in [-0.1, -0.05) is 19.1 Å². The molecule has 0 saturated heterocycles. The Balaban J connectivity index is 2.47. The first-order valence-corrected chi connectivity index (χ1v) is 5.10. The van der Waals surface area contributed by atoms with Crippen LogP contribution < -0.4 is 0 Å². The maximum Gasteiger partial charge on any atom is 0.235 e. The van der Waals surface area contributed by atoms with Crippen molar-refractivity contribution in [3.63, 3.8) is 0 Å². The van der Waals surface area contributed by atoms with Crippen LogP contribution in [0.2, 0.25) is 0 Å². The largest absolute Gasteiger partial charge is 0.235 e. The average Bonchev–Trinajstić information content (AvgIpc) is 3.00. The van der Waals surface area contributed by atoms with Crippen molar-refractivity contribution in [3.05, 3.63) is 35.1 Å². The second-order valence-electron chi connectivity index (χ2n) is 3.90. The van der Waals surface area contributed by atoms with Gasteiger partial charge in [-0.25, -0.2) is 9.18 Å². The van der Waals surface area contributed by atoms with Crippen LogP contribution in [-0.4, -0.2) is 6.08 Å². The fourth-order valence-electron chi connectivity index (χ4n) is 1.80. The van der Waals surface area contributed by atoms with Crippen LogP contribution in [0.5, 0.6) is 0 Å². The van der Waals surface area contributed by atoms with Gasteiger partial charge < -0.3 is 0 Å². The molecule has 1 fully saturated rings. The van der Waals surface area contributed by atoms with E-state index in [-0.39, 0.29) is 5.82 Å². The van der Waals surface area contributed by atoms with Gasteiger partial charge in [0, 0.05) is 5.56 Å². The van der Waals surface area contributed by atoms with Gasteiger partial charge in [-0.2, -0.15) is 4.99 Å². The molecule has 0 amide bonds. The normalized spacial score (nSPS) is 16.9. The second-order valence-corrected chi connectivity index (χ2v) is 3.90. The zero-order valence-electron chi connectivity index (χ0n) is 8.59. The molecule has 1 aromatic carbocycles. The number of hydrogen-bond acceptors (Lipinski definition) is 2. The Morgan fingerprint density at radius 1 is 1.53 bits per heavy atom. The molecular formula is C12H12FNO. The van der Waals surface area contributed by atoms with E-state index in [2.05, 4.69) is 4.99 Å². The third-order valence-corrected chi connectivity index (χ3v) is 2.92. The number of isocyanates is 1. The molecule has 3 heteroatoms. The lowest BCUT2D eigenvalue weighted by Crippen LogP contribution is -2.06. The Kier molecular flexibility index (Phi) is 2.41. The molecule has 1 aliphatic carbocycles. The molecule has 1 aliphatic rings. The van der Waals surface area contributed by atoms with Crippen LogP contribution in [0.15, 0.2) is 23.2 Å². The maximum atomic E-state index is 13.6. The molecule has 0 aliphatic heterocycles. The van der Waals surface area contributed by atoms with Crippen molar-refractivity contribution in [1.82, 2.24) is 0 Å². The Hall–Kier alpha value is -1.47. The van der Waals surface area contributed by atoms with Crippen molar-refractivity contribution in [2.75, 3.05) is 0 Å². The van der Waals surface area contributed by atoms with Gasteiger partial charge in [-0.3, -0.25) is 0 Å². The first-order chi connectivity index (χ1) is 7.22. The summed E-state index contributed by atoms with van der Waals surface area (Å²) < 4.78 is 13.6. The molecule has 0 spiro atoms. The van der Waals surface area contributed by atoms with Gasteiger partial charge in [0.1, 0.15) is 11.4 Å². The minimum Gasteiger partial charge on any atom is -0.211 e. The summed E-state index contributed by atoms with van der Waals surface area (Å²) in [7, 11) is 0. The van der Waals surface area contributed by atoms with Crippen LogP contribution in [0, 0.1) is 5.82 Å². The van der Waals surface area contributed by atoms with Crippen molar-refractivity contribution in [1.29, 1.82) is 0 Å². The predicted octanol–water partition coefficient (Wildman–Crippen LogP) is 2.71. The van der Waals surface area contributed by atoms with Crippen LogP contribution in [-0.2, 0) is 16.8 Å². The van der Waals surface area contributed by atoms with E-state index in [9.17, 15) is 9.18 Å². The molecule has 0 unspecified atom stereocenters. The Morgan fingerprint density at radius 3 is 2.80 bits per heavy atom. The number of halogens is 1. The van der Waals surface area contributed by atoms with Gasteiger partial charge >= 0.3 is 0 Å². The predicted molar refractivity (Wildman–Crippen MR) is 54.8 cm³/mol. The smallest absolute Gasteiger partial charge is 0.211 e. The highest BCUT2D eigenvalue weighted by Crippen LogP contribution is 2.50. The van der Waals surface area contributed by atoms with Crippen LogP contribution in [0.4, 0.5) is 4.39 Å². The van der Waals surface area contributed by atoms with E-state index in [1.165, 1.54) is 6.07 Å². The standard InChI is InChI=1S/C12H12FNO/c1-2-9-3-4-11(13)10(7-9)12(5-6-12)14-8-15/h3-4,7H,2,5-6H2,1H3. The number of aliphatic imine (C=N–C) groups is 1. The van der Waals surface area contributed by atoms with Gasteiger partial charge in [0.25, 0.3) is 0 Å². The number of benzene rings is 1. The van der Waals surface area contributed by atoms with E-state index in [0.29, 0.717) is 5.56 Å². The molecule has 15 heavy (non-hydrogen) atoms. The summed E-state index contributed by atoms with van der Waals surface area (Å²) in [6.07, 6.45) is 3.88. The minimum absolute atomic E-state index is 0.274. The lowest BCUT2D eigenvalue weighted by atomic mass is 10.0. The van der Waals surface area contributed by atoms with Gasteiger partial charge in [0.2, 0.25) is 6.08 Å². The fourth-order valence-corrected chi connectivity index (χ4v) is 1.80. The van der Waals surface area contributed by atoms with Gasteiger partial charge in [-0.15, -0.1) is 0 Å². The van der Waals surface area contributed by atoms with Crippen LogP contribution in [0.1, 0.15) is 30.9 Å². The van der Waals surface area contributed by atoms with E-state index < -0.39 is 5.54 Å². The van der Waals surface area contributed by atoms with E-state index in [0.717, 1.165) is 24.8 Å². The fraction of sp³-hybridized carbons (Fsp3) is 0.417. The van der Waals surface area contributed by atoms with Gasteiger partial charge in [-0.05, 0) is 30.9 Å². The summed E-state index contributed by atoms with van der Waals surface area (Å²) in [4.78, 5) is 14.0. The van der Waals surface area contributed by atoms with E-state index in [1.54, 1.807) is 12.1 Å². The summed E-state index contributed by atoms with van der Waals surface area (Å²) in [6, 6.07) is 5.03. The molecular weight excluding hydrogens is 193 g/mol. The quantitative estimate of drug-likeness (QED) is 0.551. The highest BCUT2D eigenvalue weighted by molar-refractivity contribution is 5.42. The zero-order valence-corrected chi connectivity index (χ0v) is 8.59. The lowest BCUT2D eigenvalue weighted by Gasteiger charge is -2.10. The summed E-state index contributed by atoms with van der Waals surface area (Å²) in [5.74, 6) is -0.274. The van der Waals surface area contributed by atoms with Crippen molar-refractivity contribution >= 4 is 6.08 Å². The molecule has 0 N–H and O–H groups in total. The van der Waals surface area contributed by atoms with Gasteiger partial charge in [0.05, 0.1) is 0 Å². The molecule has 0 atom stereocenters. The van der Waals surface area contributed by atoms with Crippen molar-refractivity contribution < 1.29 is 9.18 Å². The SMILES string of the molecule is CCc1ccc(F)c(C2(N=C=O)CC2)c1. The minimum atomic E-state index is -0.600. The van der Waals surface area contributed by atoms with Crippen LogP contribution in [0.25, 0.3) is 0 Å². The molecule has 0 heterocycles. The first kappa shape index (κ1) is 10.1. The highest BCUT2D eigenvalue weighted by atomic mass is 19.1. The topological polar surface area (TPSA) is 29.4 Å². The number of hydrogen-bond donors (Lipinski definition) is 0. The summed E-state index contributed by atoms with van der Waals surface area (Å²) in [6.45, 7) is 2.01. The number of aryl methyl sites for hydroxylation is 1. The van der Waals surface area contributed by atoms with E-state index in [4.69, 9.17) is 0 Å². The Labute approximate surface area is 87.8 Å². The van der Waals surface area contributed by atoms with Crippen LogP contribution in [0.3, 0.4) is 0 Å². The monoisotopic (exact) mass is 205 g/mol. The molecule has 2 rings (SSSR count). The molecule has 2 nitrogen and oxygen atoms in total. The first-order valence-electron chi connectivity index (χ1n) is 5.10. The van der Waals surface area contributed by atoms with E-state index in [1.807, 2.05) is 13.0 Å². The second kappa shape index (κ2) is 3.59. The van der Waals surface area contributed by atoms with Gasteiger partial charge in [0.15, 0.2) is 0 Å². The number of rotatable bonds is 3. The summed E-state index contributed by atoms with van der Waals surface area (Å²) in [5.41, 5.74) is 1.01. The van der Waals surface area contributed by atoms with Crippen LogP contribution >= 0.6 is 0 Å². The molecule has 1 saturated carbocycles. The zero-order chi connectivity index (χ0) is 10.9.